The van der Waals surface area contributed by atoms with Crippen LogP contribution in [0.4, 0.5) is 0 Å². The van der Waals surface area contributed by atoms with Crippen LogP contribution < -0.4 is 0 Å². The molecule has 33 heavy (non-hydrogen) atoms. The quantitative estimate of drug-likeness (QED) is 0.410. The number of hydrogen-bond donors (Lipinski definition) is 0. The van der Waals surface area contributed by atoms with Gasteiger partial charge >= 0.3 is 0 Å². The van der Waals surface area contributed by atoms with Crippen LogP contribution in [0.5, 0.6) is 0 Å². The summed E-state index contributed by atoms with van der Waals surface area (Å²) in [4.78, 5) is 2.57. The second kappa shape index (κ2) is 7.45. The van der Waals surface area contributed by atoms with Gasteiger partial charge in [0, 0.05) is 12.0 Å². The van der Waals surface area contributed by atoms with E-state index < -0.39 is 0 Å². The van der Waals surface area contributed by atoms with Crippen molar-refractivity contribution >= 4 is 0 Å². The number of hydrogen-bond acceptors (Lipinski definition) is 4. The summed E-state index contributed by atoms with van der Waals surface area (Å²) in [5.41, 5.74) is 3.81. The molecule has 3 heterocycles. The van der Waals surface area contributed by atoms with Gasteiger partial charge in [0.25, 0.3) is 0 Å². The smallest absolute Gasteiger partial charge is 0.104 e. The van der Waals surface area contributed by atoms with E-state index in [2.05, 4.69) is 30.9 Å². The predicted octanol–water partition coefficient (Wildman–Crippen LogP) is 5.94. The maximum Gasteiger partial charge on any atom is 0.104 e. The molecule has 0 unspecified atom stereocenters. The molecule has 180 valence electrons. The Kier molecular flexibility index (Phi) is 4.79. The topological polar surface area (TPSA) is 38.1 Å². The number of fused-ring (bicyclic) bond motifs is 3. The molecule has 7 rings (SSSR count). The minimum Gasteiger partial charge on any atom is -0.472 e. The first kappa shape index (κ1) is 21.2. The van der Waals surface area contributed by atoms with Crippen LogP contribution in [0.25, 0.3) is 0 Å². The molecule has 0 aromatic carbocycles. The lowest BCUT2D eigenvalue weighted by molar-refractivity contribution is -0.0808. The van der Waals surface area contributed by atoms with Crippen LogP contribution in [-0.2, 0) is 9.47 Å². The molecule has 4 nitrogen and oxygen atoms in total. The van der Waals surface area contributed by atoms with E-state index in [4.69, 9.17) is 13.9 Å². The molecular weight excluding hydrogens is 410 g/mol. The molecule has 4 heteroatoms. The van der Waals surface area contributed by atoms with Gasteiger partial charge in [-0.1, -0.05) is 25.5 Å². The molecule has 0 radical (unpaired) electrons. The molecule has 2 aliphatic heterocycles. The van der Waals surface area contributed by atoms with E-state index in [9.17, 15) is 0 Å². The number of epoxide rings is 1. The number of furan rings is 1. The van der Waals surface area contributed by atoms with Gasteiger partial charge in [0.2, 0.25) is 0 Å². The summed E-state index contributed by atoms with van der Waals surface area (Å²) in [7, 11) is 0. The highest BCUT2D eigenvalue weighted by atomic mass is 16.6. The average molecular weight is 452 g/mol. The van der Waals surface area contributed by atoms with E-state index in [-0.39, 0.29) is 11.0 Å². The molecule has 6 aliphatic rings. The molecule has 0 N–H and O–H groups in total. The molecule has 0 bridgehead atoms. The third kappa shape index (κ3) is 2.93. The summed E-state index contributed by atoms with van der Waals surface area (Å²) in [6, 6.07) is 2.20. The normalized spacial score (nSPS) is 48.5. The lowest BCUT2D eigenvalue weighted by Crippen LogP contribution is -2.55. The third-order valence-corrected chi connectivity index (χ3v) is 11.4. The van der Waals surface area contributed by atoms with Crippen LogP contribution in [0.3, 0.4) is 0 Å². The van der Waals surface area contributed by atoms with Crippen molar-refractivity contribution in [2.75, 3.05) is 26.2 Å². The van der Waals surface area contributed by atoms with E-state index in [1.165, 1.54) is 70.0 Å². The molecule has 5 fully saturated rings. The second-order valence-corrected chi connectivity index (χ2v) is 12.6. The van der Waals surface area contributed by atoms with Crippen molar-refractivity contribution in [3.8, 4) is 0 Å². The van der Waals surface area contributed by atoms with E-state index >= 15 is 0 Å². The molecule has 3 saturated carbocycles. The van der Waals surface area contributed by atoms with Gasteiger partial charge in [-0.15, -0.1) is 0 Å². The molecule has 1 aromatic rings. The Labute approximate surface area is 199 Å². The van der Waals surface area contributed by atoms with Gasteiger partial charge in [0.05, 0.1) is 31.3 Å². The summed E-state index contributed by atoms with van der Waals surface area (Å²) in [5, 5.41) is 0. The Morgan fingerprint density at radius 2 is 2.00 bits per heavy atom. The Morgan fingerprint density at radius 1 is 1.12 bits per heavy atom. The Hall–Kier alpha value is -1.10. The van der Waals surface area contributed by atoms with E-state index in [1.807, 2.05) is 12.5 Å². The SMILES string of the molecule is C[C@]12CC[C@H](OCCN3CCCC3)CC1=CC[C@@H]1[C@@H]2CC[C@]2(C)[C@@H](c3ccoc3)C[C@H]3O[C@]132. The van der Waals surface area contributed by atoms with Gasteiger partial charge < -0.3 is 18.8 Å². The summed E-state index contributed by atoms with van der Waals surface area (Å²) >= 11 is 0. The van der Waals surface area contributed by atoms with Crippen LogP contribution in [0, 0.1) is 22.7 Å². The van der Waals surface area contributed by atoms with Crippen LogP contribution in [0.2, 0.25) is 0 Å². The van der Waals surface area contributed by atoms with Crippen molar-refractivity contribution in [3.05, 3.63) is 35.8 Å². The third-order valence-electron chi connectivity index (χ3n) is 11.4. The van der Waals surface area contributed by atoms with E-state index in [0.717, 1.165) is 25.5 Å². The van der Waals surface area contributed by atoms with Crippen molar-refractivity contribution in [2.45, 2.75) is 95.4 Å². The zero-order valence-electron chi connectivity index (χ0n) is 20.6. The second-order valence-electron chi connectivity index (χ2n) is 12.6. The summed E-state index contributed by atoms with van der Waals surface area (Å²) in [6.07, 6.45) is 18.8. The number of likely N-dealkylation sites (tertiary alicyclic amines) is 1. The van der Waals surface area contributed by atoms with Crippen molar-refractivity contribution in [1.82, 2.24) is 4.90 Å². The predicted molar refractivity (Wildman–Crippen MR) is 128 cm³/mol. The highest BCUT2D eigenvalue weighted by Gasteiger charge is 2.80. The van der Waals surface area contributed by atoms with Gasteiger partial charge in [-0.3, -0.25) is 0 Å². The summed E-state index contributed by atoms with van der Waals surface area (Å²) < 4.78 is 18.6. The zero-order chi connectivity index (χ0) is 22.3. The van der Waals surface area contributed by atoms with Crippen LogP contribution in [-0.4, -0.2) is 49.0 Å². The summed E-state index contributed by atoms with van der Waals surface area (Å²) in [5.74, 6) is 2.04. The first-order valence-electron chi connectivity index (χ1n) is 13.8. The van der Waals surface area contributed by atoms with E-state index in [1.54, 1.807) is 5.57 Å². The van der Waals surface area contributed by atoms with E-state index in [0.29, 0.717) is 29.5 Å². The van der Waals surface area contributed by atoms with Crippen molar-refractivity contribution in [3.63, 3.8) is 0 Å². The molecular formula is C29H41NO3. The highest BCUT2D eigenvalue weighted by molar-refractivity contribution is 5.37. The lowest BCUT2D eigenvalue weighted by atomic mass is 9.46. The van der Waals surface area contributed by atoms with Gasteiger partial charge in [0.15, 0.2) is 0 Å². The van der Waals surface area contributed by atoms with Gasteiger partial charge in [-0.2, -0.15) is 0 Å². The fraction of sp³-hybridized carbons (Fsp3) is 0.793. The Morgan fingerprint density at radius 3 is 2.82 bits per heavy atom. The van der Waals surface area contributed by atoms with Gasteiger partial charge in [-0.25, -0.2) is 0 Å². The molecule has 0 amide bonds. The molecule has 1 spiro atoms. The Bertz CT molecular complexity index is 919. The molecule has 8 atom stereocenters. The maximum absolute atomic E-state index is 6.70. The molecule has 4 aliphatic carbocycles. The zero-order valence-corrected chi connectivity index (χ0v) is 20.6. The maximum atomic E-state index is 6.70. The van der Waals surface area contributed by atoms with Crippen molar-refractivity contribution in [2.24, 2.45) is 22.7 Å². The number of ether oxygens (including phenoxy) is 2. The summed E-state index contributed by atoms with van der Waals surface area (Å²) in [6.45, 7) is 9.70. The highest BCUT2D eigenvalue weighted by Crippen LogP contribution is 2.77. The fourth-order valence-electron chi connectivity index (χ4n) is 9.54. The standard InChI is InChI=1S/C29H41NO3/c1-27-10-7-22(32-16-14-30-12-3-4-13-30)17-21(27)5-6-24-23(27)8-11-28(2)25(20-9-15-31-19-20)18-26-29(24,28)33-26/h5,9,15,19,22-26H,3-4,6-8,10-14,16-18H2,1-2H3/t22-,23-,24+,25+,26+,27-,28+,29+/m0/s1. The number of allylic oxidation sites excluding steroid dienone is 1. The molecule has 2 saturated heterocycles. The first-order chi connectivity index (χ1) is 16.0. The minimum absolute atomic E-state index is 0.103. The van der Waals surface area contributed by atoms with Crippen molar-refractivity contribution < 1.29 is 13.9 Å². The number of nitrogens with zero attached hydrogens (tertiary/aromatic N) is 1. The Balaban J connectivity index is 1.08. The van der Waals surface area contributed by atoms with Crippen LogP contribution in [0.15, 0.2) is 34.7 Å². The van der Waals surface area contributed by atoms with Gasteiger partial charge in [-0.05, 0) is 106 Å². The lowest BCUT2D eigenvalue weighted by Gasteiger charge is -2.58. The first-order valence-corrected chi connectivity index (χ1v) is 13.8. The average Bonchev–Trinajstić information content (AvgIpc) is 3.23. The minimum atomic E-state index is 0.103. The molecule has 1 aromatic heterocycles. The van der Waals surface area contributed by atoms with Crippen LogP contribution in [0.1, 0.15) is 83.1 Å². The largest absolute Gasteiger partial charge is 0.472 e. The fourth-order valence-corrected chi connectivity index (χ4v) is 9.54. The van der Waals surface area contributed by atoms with Gasteiger partial charge in [0.1, 0.15) is 5.60 Å². The van der Waals surface area contributed by atoms with Crippen molar-refractivity contribution in [1.29, 1.82) is 0 Å². The monoisotopic (exact) mass is 451 g/mol. The number of rotatable bonds is 5. The van der Waals surface area contributed by atoms with Crippen LogP contribution >= 0.6 is 0 Å².